The van der Waals surface area contributed by atoms with E-state index in [-0.39, 0.29) is 15.7 Å². The van der Waals surface area contributed by atoms with Crippen LogP contribution in [0.15, 0.2) is 42.5 Å². The molecule has 8 nitrogen and oxygen atoms in total. The lowest BCUT2D eigenvalue weighted by molar-refractivity contribution is -0.380. The fraction of sp³-hybridized carbons (Fsp3) is 0.235. The number of benzene rings is 1. The summed E-state index contributed by atoms with van der Waals surface area (Å²) in [7, 11) is 0. The van der Waals surface area contributed by atoms with Crippen LogP contribution in [0.25, 0.3) is 0 Å². The van der Waals surface area contributed by atoms with Gasteiger partial charge in [-0.3, -0.25) is 19.7 Å². The molecule has 0 aliphatic rings. The normalized spacial score (nSPS) is 11.4. The first-order chi connectivity index (χ1) is 12.4. The van der Waals surface area contributed by atoms with E-state index in [1.165, 1.54) is 19.1 Å². The summed E-state index contributed by atoms with van der Waals surface area (Å²) in [5.74, 6) is -1.68. The number of rotatable bonds is 8. The molecule has 1 aromatic carbocycles. The first kappa shape index (κ1) is 19.3. The van der Waals surface area contributed by atoms with E-state index in [4.69, 9.17) is 4.74 Å². The highest BCUT2D eigenvalue weighted by Gasteiger charge is 2.20. The number of ketones is 1. The molecule has 0 saturated heterocycles. The van der Waals surface area contributed by atoms with Crippen molar-refractivity contribution in [2.45, 2.75) is 19.4 Å². The number of carbonyl (C=O) groups excluding carboxylic acids is 3. The molecule has 0 fully saturated rings. The van der Waals surface area contributed by atoms with E-state index in [9.17, 15) is 24.5 Å². The maximum atomic E-state index is 12.0. The van der Waals surface area contributed by atoms with Crippen LogP contribution in [0.4, 0.5) is 5.00 Å². The third-order valence-corrected chi connectivity index (χ3v) is 4.43. The van der Waals surface area contributed by atoms with Crippen LogP contribution >= 0.6 is 11.3 Å². The van der Waals surface area contributed by atoms with Gasteiger partial charge in [0, 0.05) is 6.07 Å². The van der Waals surface area contributed by atoms with Gasteiger partial charge in [-0.2, -0.15) is 0 Å². The Kier molecular flexibility index (Phi) is 6.56. The molecule has 0 aliphatic heterocycles. The average molecular weight is 376 g/mol. The number of thiophene rings is 1. The van der Waals surface area contributed by atoms with Gasteiger partial charge < -0.3 is 10.1 Å². The van der Waals surface area contributed by atoms with E-state index >= 15 is 0 Å². The quantitative estimate of drug-likeness (QED) is 0.429. The zero-order chi connectivity index (χ0) is 19.1. The van der Waals surface area contributed by atoms with Crippen molar-refractivity contribution in [3.8, 4) is 0 Å². The highest BCUT2D eigenvalue weighted by molar-refractivity contribution is 7.17. The van der Waals surface area contributed by atoms with Gasteiger partial charge in [0.15, 0.2) is 12.4 Å². The molecule has 2 rings (SSSR count). The number of esters is 1. The van der Waals surface area contributed by atoms with Crippen LogP contribution in [0.5, 0.6) is 0 Å². The lowest BCUT2D eigenvalue weighted by Gasteiger charge is -2.16. The Labute approximate surface area is 152 Å². The molecule has 1 atom stereocenters. The van der Waals surface area contributed by atoms with Crippen LogP contribution in [0, 0.1) is 10.1 Å². The summed E-state index contributed by atoms with van der Waals surface area (Å²) >= 11 is 0.662. The summed E-state index contributed by atoms with van der Waals surface area (Å²) < 4.78 is 4.84. The smallest absolute Gasteiger partial charge is 0.349 e. The molecular formula is C17H16N2O6S. The van der Waals surface area contributed by atoms with Crippen molar-refractivity contribution in [1.82, 2.24) is 5.32 Å². The van der Waals surface area contributed by atoms with Gasteiger partial charge >= 0.3 is 11.0 Å². The van der Waals surface area contributed by atoms with Gasteiger partial charge in [-0.15, -0.1) is 0 Å². The number of nitro groups is 1. The monoisotopic (exact) mass is 376 g/mol. The van der Waals surface area contributed by atoms with Crippen molar-refractivity contribution in [3.63, 3.8) is 0 Å². The molecule has 1 aromatic heterocycles. The highest BCUT2D eigenvalue weighted by atomic mass is 32.1. The molecule has 26 heavy (non-hydrogen) atoms. The second-order valence-electron chi connectivity index (χ2n) is 5.39. The van der Waals surface area contributed by atoms with Crippen LogP contribution in [-0.2, 0) is 20.7 Å². The molecule has 1 amide bonds. The number of hydrogen-bond acceptors (Lipinski definition) is 7. The van der Waals surface area contributed by atoms with Gasteiger partial charge in [-0.25, -0.2) is 4.79 Å². The second kappa shape index (κ2) is 8.86. The van der Waals surface area contributed by atoms with Crippen molar-refractivity contribution in [2.75, 3.05) is 6.61 Å². The number of ether oxygens (including phenoxy) is 1. The van der Waals surface area contributed by atoms with Gasteiger partial charge in [0.1, 0.15) is 4.88 Å². The Morgan fingerprint density at radius 2 is 1.88 bits per heavy atom. The summed E-state index contributed by atoms with van der Waals surface area (Å²) in [6, 6.07) is 10.9. The Balaban J connectivity index is 1.88. The predicted molar refractivity (Wildman–Crippen MR) is 94.0 cm³/mol. The lowest BCUT2D eigenvalue weighted by atomic mass is 10.0. The number of carbonyl (C=O) groups is 3. The maximum Gasteiger partial charge on any atom is 0.349 e. The molecular weight excluding hydrogens is 360 g/mol. The van der Waals surface area contributed by atoms with Gasteiger partial charge in [-0.05, 0) is 25.0 Å². The van der Waals surface area contributed by atoms with Crippen LogP contribution < -0.4 is 5.32 Å². The molecule has 1 N–H and O–H groups in total. The summed E-state index contributed by atoms with van der Waals surface area (Å²) in [6.07, 6.45) is 0.326. The molecule has 0 saturated carbocycles. The minimum absolute atomic E-state index is 0.0249. The van der Waals surface area contributed by atoms with Gasteiger partial charge in [0.2, 0.25) is 0 Å². The number of nitrogens with one attached hydrogen (secondary N) is 1. The number of amides is 1. The molecule has 0 aliphatic carbocycles. The summed E-state index contributed by atoms with van der Waals surface area (Å²) in [6.45, 7) is 0.785. The molecule has 9 heteroatoms. The van der Waals surface area contributed by atoms with E-state index in [0.29, 0.717) is 17.8 Å². The predicted octanol–water partition coefficient (Wildman–Crippen LogP) is 2.13. The molecule has 2 aromatic rings. The van der Waals surface area contributed by atoms with E-state index in [1.54, 1.807) is 0 Å². The lowest BCUT2D eigenvalue weighted by Crippen LogP contribution is -2.43. The Bertz CT molecular complexity index is 818. The third kappa shape index (κ3) is 5.49. The first-order valence-corrected chi connectivity index (χ1v) is 8.43. The molecule has 0 unspecified atom stereocenters. The Hall–Kier alpha value is -3.07. The van der Waals surface area contributed by atoms with Crippen LogP contribution in [-0.4, -0.2) is 35.2 Å². The number of Topliss-reactive ketones (excluding diaryl/α,β-unsaturated/α-hetero) is 1. The van der Waals surface area contributed by atoms with Gasteiger partial charge in [0.25, 0.3) is 5.91 Å². The maximum absolute atomic E-state index is 12.0. The van der Waals surface area contributed by atoms with Gasteiger partial charge in [-0.1, -0.05) is 41.7 Å². The van der Waals surface area contributed by atoms with Gasteiger partial charge in [0.05, 0.1) is 11.0 Å². The summed E-state index contributed by atoms with van der Waals surface area (Å²) in [5, 5.41) is 12.9. The van der Waals surface area contributed by atoms with Crippen molar-refractivity contribution in [2.24, 2.45) is 0 Å². The van der Waals surface area contributed by atoms with E-state index < -0.39 is 29.4 Å². The van der Waals surface area contributed by atoms with E-state index in [2.05, 4.69) is 5.32 Å². The van der Waals surface area contributed by atoms with Crippen molar-refractivity contribution in [1.29, 1.82) is 0 Å². The minimum atomic E-state index is -0.833. The largest absolute Gasteiger partial charge is 0.451 e. The topological polar surface area (TPSA) is 116 Å². The standard InChI is InChI=1S/C17H16N2O6S/c1-11(20)13(9-12-5-3-2-4-6-12)18-15(21)10-25-17(22)14-7-8-16(26-14)19(23)24/h2-8,13H,9-10H2,1H3,(H,18,21)/t13-/m0/s1. The number of nitrogens with zero attached hydrogens (tertiary/aromatic N) is 1. The van der Waals surface area contributed by atoms with Crippen LogP contribution in [0.2, 0.25) is 0 Å². The van der Waals surface area contributed by atoms with Crippen LogP contribution in [0.3, 0.4) is 0 Å². The van der Waals surface area contributed by atoms with Crippen molar-refractivity contribution >= 4 is 34.0 Å². The molecule has 0 bridgehead atoms. The fourth-order valence-corrected chi connectivity index (χ4v) is 2.83. The molecule has 0 spiro atoms. The van der Waals surface area contributed by atoms with E-state index in [0.717, 1.165) is 5.56 Å². The fourth-order valence-electron chi connectivity index (χ4n) is 2.12. The van der Waals surface area contributed by atoms with Crippen molar-refractivity contribution in [3.05, 3.63) is 63.0 Å². The first-order valence-electron chi connectivity index (χ1n) is 7.62. The zero-order valence-corrected chi connectivity index (χ0v) is 14.7. The SMILES string of the molecule is CC(=O)[C@H](Cc1ccccc1)NC(=O)COC(=O)c1ccc([N+](=O)[O-])s1. The average Bonchev–Trinajstić information content (AvgIpc) is 3.10. The minimum Gasteiger partial charge on any atom is -0.451 e. The summed E-state index contributed by atoms with van der Waals surface area (Å²) in [5.41, 5.74) is 0.885. The second-order valence-corrected chi connectivity index (χ2v) is 6.45. The number of hydrogen-bond donors (Lipinski definition) is 1. The van der Waals surface area contributed by atoms with Crippen molar-refractivity contribution < 1.29 is 24.0 Å². The Morgan fingerprint density at radius 3 is 2.46 bits per heavy atom. The molecule has 1 heterocycles. The summed E-state index contributed by atoms with van der Waals surface area (Å²) in [4.78, 5) is 45.5. The van der Waals surface area contributed by atoms with E-state index in [1.807, 2.05) is 30.3 Å². The van der Waals surface area contributed by atoms with Crippen LogP contribution in [0.1, 0.15) is 22.2 Å². The zero-order valence-electron chi connectivity index (χ0n) is 13.8. The third-order valence-electron chi connectivity index (χ3n) is 3.42. The molecule has 136 valence electrons. The molecule has 0 radical (unpaired) electrons. The Morgan fingerprint density at radius 1 is 1.19 bits per heavy atom. The highest BCUT2D eigenvalue weighted by Crippen LogP contribution is 2.24.